The molecule has 1 N–H and O–H groups in total. The maximum absolute atomic E-state index is 11.5. The van der Waals surface area contributed by atoms with Crippen molar-refractivity contribution >= 4 is 11.7 Å². The molecular formula is C22H25N3O2. The molecule has 2 aromatic carbocycles. The second-order valence-corrected chi connectivity index (χ2v) is 7.16. The fourth-order valence-corrected chi connectivity index (χ4v) is 3.94. The number of para-hydroxylation sites is 1. The van der Waals surface area contributed by atoms with Gasteiger partial charge in [0.25, 0.3) is 0 Å². The molecule has 1 saturated heterocycles. The molecule has 0 aromatic heterocycles. The first kappa shape index (κ1) is 18.9. The zero-order valence-corrected chi connectivity index (χ0v) is 16.1. The minimum atomic E-state index is -0.876. The second kappa shape index (κ2) is 7.81. The maximum atomic E-state index is 11.5. The van der Waals surface area contributed by atoms with Gasteiger partial charge in [0, 0.05) is 32.2 Å². The van der Waals surface area contributed by atoms with E-state index in [0.29, 0.717) is 11.1 Å². The van der Waals surface area contributed by atoms with Crippen LogP contribution in [0.4, 0.5) is 5.69 Å². The van der Waals surface area contributed by atoms with Crippen LogP contribution in [-0.4, -0.2) is 42.2 Å². The molecule has 1 atom stereocenters. The number of nitrogens with zero attached hydrogens (tertiary/aromatic N) is 3. The fraction of sp³-hybridized carbons (Fsp3) is 0.364. The van der Waals surface area contributed by atoms with Gasteiger partial charge in [-0.2, -0.15) is 5.26 Å². The number of carboxylic acids is 1. The Morgan fingerprint density at radius 2 is 1.78 bits per heavy atom. The van der Waals surface area contributed by atoms with E-state index in [1.54, 1.807) is 0 Å². The van der Waals surface area contributed by atoms with Gasteiger partial charge in [0.05, 0.1) is 16.8 Å². The fourth-order valence-electron chi connectivity index (χ4n) is 3.94. The Labute approximate surface area is 160 Å². The summed E-state index contributed by atoms with van der Waals surface area (Å²) in [6.07, 6.45) is 0. The van der Waals surface area contributed by atoms with Crippen LogP contribution in [-0.2, 0) is 0 Å². The molecule has 0 bridgehead atoms. The predicted molar refractivity (Wildman–Crippen MR) is 106 cm³/mol. The Morgan fingerprint density at radius 1 is 1.11 bits per heavy atom. The summed E-state index contributed by atoms with van der Waals surface area (Å²) in [5.74, 6) is -0.876. The third-order valence-electron chi connectivity index (χ3n) is 5.52. The van der Waals surface area contributed by atoms with Gasteiger partial charge in [-0.15, -0.1) is 0 Å². The lowest BCUT2D eigenvalue weighted by molar-refractivity contribution is 0.0695. The Bertz CT molecular complexity index is 893. The molecule has 5 heteroatoms. The highest BCUT2D eigenvalue weighted by Gasteiger charge is 2.25. The van der Waals surface area contributed by atoms with E-state index < -0.39 is 5.97 Å². The molecule has 0 aliphatic carbocycles. The van der Waals surface area contributed by atoms with Crippen LogP contribution >= 0.6 is 0 Å². The SMILES string of the molecule is Cc1cc(C)c(C(C)N2CCN(c3ccccc3C#N)CC2)cc1C(=O)O. The number of aryl methyl sites for hydroxylation is 2. The number of hydrogen-bond donors (Lipinski definition) is 1. The van der Waals surface area contributed by atoms with E-state index in [1.807, 2.05) is 50.2 Å². The van der Waals surface area contributed by atoms with Crippen molar-refractivity contribution in [2.45, 2.75) is 26.8 Å². The van der Waals surface area contributed by atoms with Crippen molar-refractivity contribution < 1.29 is 9.90 Å². The van der Waals surface area contributed by atoms with Crippen molar-refractivity contribution in [3.63, 3.8) is 0 Å². The van der Waals surface area contributed by atoms with Gasteiger partial charge < -0.3 is 10.0 Å². The van der Waals surface area contributed by atoms with Crippen molar-refractivity contribution in [2.24, 2.45) is 0 Å². The average Bonchev–Trinajstić information content (AvgIpc) is 2.67. The van der Waals surface area contributed by atoms with E-state index in [4.69, 9.17) is 0 Å². The highest BCUT2D eigenvalue weighted by Crippen LogP contribution is 2.29. The number of hydrogen-bond acceptors (Lipinski definition) is 4. The van der Waals surface area contributed by atoms with Gasteiger partial charge in [-0.05, 0) is 55.7 Å². The molecule has 1 aliphatic rings. The summed E-state index contributed by atoms with van der Waals surface area (Å²) in [5.41, 5.74) is 5.08. The lowest BCUT2D eigenvalue weighted by Gasteiger charge is -2.40. The van der Waals surface area contributed by atoms with Gasteiger partial charge >= 0.3 is 5.97 Å². The molecule has 1 unspecified atom stereocenters. The molecule has 0 radical (unpaired) electrons. The van der Waals surface area contributed by atoms with E-state index in [9.17, 15) is 15.2 Å². The Balaban J connectivity index is 1.76. The van der Waals surface area contributed by atoms with Gasteiger partial charge in [-0.1, -0.05) is 18.2 Å². The van der Waals surface area contributed by atoms with E-state index in [2.05, 4.69) is 22.8 Å². The highest BCUT2D eigenvalue weighted by molar-refractivity contribution is 5.89. The summed E-state index contributed by atoms with van der Waals surface area (Å²) in [5, 5.41) is 18.8. The van der Waals surface area contributed by atoms with Crippen molar-refractivity contribution in [2.75, 3.05) is 31.1 Å². The first-order valence-electron chi connectivity index (χ1n) is 9.25. The molecule has 1 heterocycles. The smallest absolute Gasteiger partial charge is 0.335 e. The second-order valence-electron chi connectivity index (χ2n) is 7.16. The molecule has 1 aliphatic heterocycles. The molecule has 5 nitrogen and oxygen atoms in total. The zero-order valence-electron chi connectivity index (χ0n) is 16.1. The number of benzene rings is 2. The molecule has 3 rings (SSSR count). The Hall–Kier alpha value is -2.84. The van der Waals surface area contributed by atoms with E-state index in [0.717, 1.165) is 48.6 Å². The predicted octanol–water partition coefficient (Wildman–Crippen LogP) is 3.76. The average molecular weight is 363 g/mol. The lowest BCUT2D eigenvalue weighted by atomic mass is 9.94. The minimum Gasteiger partial charge on any atom is -0.478 e. The molecular weight excluding hydrogens is 338 g/mol. The highest BCUT2D eigenvalue weighted by atomic mass is 16.4. The molecule has 1 fully saturated rings. The first-order valence-corrected chi connectivity index (χ1v) is 9.25. The maximum Gasteiger partial charge on any atom is 0.335 e. The standard InChI is InChI=1S/C22H25N3O2/c1-15-12-16(2)20(22(26)27)13-19(15)17(3)24-8-10-25(11-9-24)21-7-5-4-6-18(21)14-23/h4-7,12-13,17H,8-11H2,1-3H3,(H,26,27). The molecule has 0 amide bonds. The topological polar surface area (TPSA) is 67.6 Å². The van der Waals surface area contributed by atoms with E-state index >= 15 is 0 Å². The van der Waals surface area contributed by atoms with Crippen LogP contribution in [0.5, 0.6) is 0 Å². The summed E-state index contributed by atoms with van der Waals surface area (Å²) in [6, 6.07) is 13.9. The number of nitriles is 1. The molecule has 0 spiro atoms. The normalized spacial score (nSPS) is 16.0. The largest absolute Gasteiger partial charge is 0.478 e. The summed E-state index contributed by atoms with van der Waals surface area (Å²) in [4.78, 5) is 16.1. The van der Waals surface area contributed by atoms with Crippen LogP contribution in [0.3, 0.4) is 0 Å². The number of carbonyl (C=O) groups is 1. The van der Waals surface area contributed by atoms with Gasteiger partial charge in [0.1, 0.15) is 6.07 Å². The molecule has 0 saturated carbocycles. The van der Waals surface area contributed by atoms with Crippen molar-refractivity contribution in [1.82, 2.24) is 4.90 Å². The Morgan fingerprint density at radius 3 is 2.41 bits per heavy atom. The number of aromatic carboxylic acids is 1. The van der Waals surface area contributed by atoms with Crippen molar-refractivity contribution in [1.29, 1.82) is 5.26 Å². The number of carboxylic acid groups (broad SMARTS) is 1. The Kier molecular flexibility index (Phi) is 5.48. The summed E-state index contributed by atoms with van der Waals surface area (Å²) < 4.78 is 0. The van der Waals surface area contributed by atoms with Gasteiger partial charge in [-0.3, -0.25) is 4.90 Å². The first-order chi connectivity index (χ1) is 12.9. The molecule has 2 aromatic rings. The van der Waals surface area contributed by atoms with Crippen LogP contribution in [0.1, 0.15) is 45.6 Å². The number of rotatable bonds is 4. The quantitative estimate of drug-likeness (QED) is 0.896. The van der Waals surface area contributed by atoms with Gasteiger partial charge in [-0.25, -0.2) is 4.79 Å². The molecule has 27 heavy (non-hydrogen) atoms. The monoisotopic (exact) mass is 363 g/mol. The van der Waals surface area contributed by atoms with Gasteiger partial charge in [0.15, 0.2) is 0 Å². The summed E-state index contributed by atoms with van der Waals surface area (Å²) >= 11 is 0. The van der Waals surface area contributed by atoms with E-state index in [1.165, 1.54) is 0 Å². The lowest BCUT2D eigenvalue weighted by Crippen LogP contribution is -2.47. The van der Waals surface area contributed by atoms with Crippen LogP contribution < -0.4 is 4.90 Å². The number of anilines is 1. The van der Waals surface area contributed by atoms with Crippen molar-refractivity contribution in [3.05, 3.63) is 64.2 Å². The van der Waals surface area contributed by atoms with Crippen LogP contribution in [0.25, 0.3) is 0 Å². The van der Waals surface area contributed by atoms with Crippen molar-refractivity contribution in [3.8, 4) is 6.07 Å². The van der Waals surface area contributed by atoms with Crippen LogP contribution in [0.2, 0.25) is 0 Å². The van der Waals surface area contributed by atoms with Gasteiger partial charge in [0.2, 0.25) is 0 Å². The van der Waals surface area contributed by atoms with E-state index in [-0.39, 0.29) is 6.04 Å². The minimum absolute atomic E-state index is 0.150. The third kappa shape index (κ3) is 3.81. The molecule has 140 valence electrons. The third-order valence-corrected chi connectivity index (χ3v) is 5.52. The number of piperazine rings is 1. The summed E-state index contributed by atoms with van der Waals surface area (Å²) in [6.45, 7) is 9.47. The van der Waals surface area contributed by atoms with Crippen LogP contribution in [0, 0.1) is 25.2 Å². The zero-order chi connectivity index (χ0) is 19.6. The summed E-state index contributed by atoms with van der Waals surface area (Å²) in [7, 11) is 0. The van der Waals surface area contributed by atoms with Crippen LogP contribution in [0.15, 0.2) is 36.4 Å².